The Balaban J connectivity index is 1.16. The minimum Gasteiger partial charge on any atom is -0.478 e. The fourth-order valence-corrected chi connectivity index (χ4v) is 4.96. The first-order valence-electron chi connectivity index (χ1n) is 14.7. The highest BCUT2D eigenvalue weighted by Gasteiger charge is 2.18. The second-order valence-corrected chi connectivity index (χ2v) is 11.5. The van der Waals surface area contributed by atoms with E-state index in [2.05, 4.69) is 15.7 Å². The summed E-state index contributed by atoms with van der Waals surface area (Å²) in [6, 6.07) is 22.9. The van der Waals surface area contributed by atoms with Crippen LogP contribution in [-0.4, -0.2) is 39.5 Å². The van der Waals surface area contributed by atoms with E-state index in [9.17, 15) is 18.9 Å². The Labute approximate surface area is 289 Å². The molecule has 1 atom stereocenters. The van der Waals surface area contributed by atoms with Crippen molar-refractivity contribution in [2.45, 2.75) is 33.5 Å². The lowest BCUT2D eigenvalue weighted by atomic mass is 10.1. The SMILES string of the molecule is Cc1ccc(OOSOc2ccc(C(=O)NCCCNOCc3ccc(OS(=O)Oc4ccc(C)cc4)cc3COO)c(C(=O)O)c2)cc1. The van der Waals surface area contributed by atoms with Gasteiger partial charge in [-0.25, -0.2) is 15.2 Å². The number of amides is 1. The quantitative estimate of drug-likeness (QED) is 0.0372. The summed E-state index contributed by atoms with van der Waals surface area (Å²) in [7, 11) is 0. The third-order valence-corrected chi connectivity index (χ3v) is 7.63. The van der Waals surface area contributed by atoms with Crippen molar-refractivity contribution in [2.75, 3.05) is 13.1 Å². The number of hydrogen-bond acceptors (Lipinski definition) is 13. The van der Waals surface area contributed by atoms with Gasteiger partial charge in [0.05, 0.1) is 17.7 Å². The second-order valence-electron chi connectivity index (χ2n) is 10.3. The van der Waals surface area contributed by atoms with Gasteiger partial charge in [0.25, 0.3) is 18.2 Å². The molecule has 4 aromatic carbocycles. The smallest absolute Gasteiger partial charge is 0.417 e. The van der Waals surface area contributed by atoms with E-state index in [4.69, 9.17) is 31.9 Å². The maximum absolute atomic E-state index is 12.7. The number of aryl methyl sites for hydroxylation is 2. The second kappa shape index (κ2) is 19.4. The van der Waals surface area contributed by atoms with E-state index in [0.29, 0.717) is 47.9 Å². The Morgan fingerprint density at radius 2 is 1.41 bits per heavy atom. The van der Waals surface area contributed by atoms with Crippen molar-refractivity contribution in [3.63, 3.8) is 0 Å². The first-order chi connectivity index (χ1) is 23.7. The first kappa shape index (κ1) is 37.1. The molecular weight excluding hydrogens is 680 g/mol. The van der Waals surface area contributed by atoms with Gasteiger partial charge in [-0.2, -0.15) is 4.21 Å². The molecule has 49 heavy (non-hydrogen) atoms. The van der Waals surface area contributed by atoms with Crippen LogP contribution < -0.4 is 28.2 Å². The number of rotatable bonds is 20. The van der Waals surface area contributed by atoms with Gasteiger partial charge in [-0.05, 0) is 86.0 Å². The summed E-state index contributed by atoms with van der Waals surface area (Å²) in [4.78, 5) is 39.4. The van der Waals surface area contributed by atoms with Crippen LogP contribution in [0.4, 0.5) is 0 Å². The minimum absolute atomic E-state index is 0.0394. The highest BCUT2D eigenvalue weighted by Crippen LogP contribution is 2.24. The van der Waals surface area contributed by atoms with E-state index in [1.54, 1.807) is 42.5 Å². The van der Waals surface area contributed by atoms with Crippen molar-refractivity contribution in [3.05, 3.63) is 118 Å². The van der Waals surface area contributed by atoms with Gasteiger partial charge < -0.3 is 27.9 Å². The van der Waals surface area contributed by atoms with Gasteiger partial charge in [0, 0.05) is 13.1 Å². The van der Waals surface area contributed by atoms with Gasteiger partial charge in [-0.3, -0.25) is 14.9 Å². The monoisotopic (exact) mass is 714 g/mol. The topological polar surface area (TPSA) is 180 Å². The molecule has 14 nitrogen and oxygen atoms in total. The molecule has 0 aliphatic heterocycles. The summed E-state index contributed by atoms with van der Waals surface area (Å²) in [5, 5.41) is 21.3. The largest absolute Gasteiger partial charge is 0.478 e. The average molecular weight is 715 g/mol. The van der Waals surface area contributed by atoms with Crippen molar-refractivity contribution in [1.82, 2.24) is 10.8 Å². The molecular formula is C33H34N2O12S2. The molecule has 4 rings (SSSR count). The van der Waals surface area contributed by atoms with Crippen molar-refractivity contribution in [3.8, 4) is 23.0 Å². The molecule has 0 radical (unpaired) electrons. The lowest BCUT2D eigenvalue weighted by molar-refractivity contribution is -0.253. The van der Waals surface area contributed by atoms with E-state index in [0.717, 1.165) is 11.1 Å². The summed E-state index contributed by atoms with van der Waals surface area (Å²) in [6.07, 6.45) is 0.455. The van der Waals surface area contributed by atoms with Crippen molar-refractivity contribution >= 4 is 35.6 Å². The normalized spacial score (nSPS) is 11.4. The molecule has 0 aliphatic carbocycles. The maximum atomic E-state index is 12.7. The number of nitrogens with one attached hydrogen (secondary N) is 2. The number of aromatic carboxylic acids is 1. The zero-order chi connectivity index (χ0) is 35.0. The van der Waals surface area contributed by atoms with Crippen LogP contribution in [0.2, 0.25) is 0 Å². The van der Waals surface area contributed by atoms with Gasteiger partial charge >= 0.3 is 17.3 Å². The Hall–Kier alpha value is -4.68. The molecule has 0 bridgehead atoms. The van der Waals surface area contributed by atoms with Crippen LogP contribution >= 0.6 is 12.3 Å². The number of benzene rings is 4. The predicted octanol–water partition coefficient (Wildman–Crippen LogP) is 5.82. The summed E-state index contributed by atoms with van der Waals surface area (Å²) < 4.78 is 33.1. The summed E-state index contributed by atoms with van der Waals surface area (Å²) in [6.45, 7) is 4.35. The maximum Gasteiger partial charge on any atom is 0.417 e. The van der Waals surface area contributed by atoms with Gasteiger partial charge in [0.2, 0.25) is 0 Å². The zero-order valence-corrected chi connectivity index (χ0v) is 28.0. The molecule has 16 heteroatoms. The van der Waals surface area contributed by atoms with E-state index >= 15 is 0 Å². The minimum atomic E-state index is -2.11. The lowest BCUT2D eigenvalue weighted by Crippen LogP contribution is -2.28. The van der Waals surface area contributed by atoms with Crippen LogP contribution in [0, 0.1) is 13.8 Å². The molecule has 4 aromatic rings. The molecule has 0 spiro atoms. The Morgan fingerprint density at radius 1 is 0.755 bits per heavy atom. The Kier molecular flexibility index (Phi) is 14.7. The predicted molar refractivity (Wildman–Crippen MR) is 179 cm³/mol. The van der Waals surface area contributed by atoms with Gasteiger partial charge in [-0.1, -0.05) is 45.8 Å². The van der Waals surface area contributed by atoms with Crippen LogP contribution in [0.25, 0.3) is 0 Å². The van der Waals surface area contributed by atoms with E-state index in [-0.39, 0.29) is 42.4 Å². The van der Waals surface area contributed by atoms with E-state index in [1.165, 1.54) is 18.2 Å². The van der Waals surface area contributed by atoms with Gasteiger partial charge in [0.1, 0.15) is 23.9 Å². The summed E-state index contributed by atoms with van der Waals surface area (Å²) in [5.41, 5.74) is 5.76. The molecule has 0 saturated heterocycles. The highest BCUT2D eigenvalue weighted by atomic mass is 32.2. The van der Waals surface area contributed by atoms with Crippen LogP contribution in [0.15, 0.2) is 84.9 Å². The van der Waals surface area contributed by atoms with E-state index < -0.39 is 23.2 Å². The molecule has 260 valence electrons. The number of carboxylic acid groups (broad SMARTS) is 1. The molecule has 0 saturated carbocycles. The summed E-state index contributed by atoms with van der Waals surface area (Å²) in [5.74, 6) is -0.656. The molecule has 0 aliphatic rings. The van der Waals surface area contributed by atoms with Crippen molar-refractivity contribution < 1.29 is 55.7 Å². The van der Waals surface area contributed by atoms with Crippen molar-refractivity contribution in [2.24, 2.45) is 0 Å². The molecule has 0 heterocycles. The van der Waals surface area contributed by atoms with Gasteiger partial charge in [0.15, 0.2) is 5.75 Å². The van der Waals surface area contributed by atoms with Crippen LogP contribution in [-0.2, 0) is 38.6 Å². The van der Waals surface area contributed by atoms with Crippen LogP contribution in [0.1, 0.15) is 49.4 Å². The first-order valence-corrected chi connectivity index (χ1v) is 16.4. The molecule has 1 amide bonds. The summed E-state index contributed by atoms with van der Waals surface area (Å²) >= 11 is -1.61. The molecule has 0 aromatic heterocycles. The fraction of sp³-hybridized carbons (Fsp3) is 0.212. The number of hydroxylamine groups is 1. The third kappa shape index (κ3) is 12.4. The van der Waals surface area contributed by atoms with Crippen LogP contribution in [0.5, 0.6) is 23.0 Å². The van der Waals surface area contributed by atoms with Crippen LogP contribution in [0.3, 0.4) is 0 Å². The lowest BCUT2D eigenvalue weighted by Gasteiger charge is -2.12. The number of carboxylic acids is 1. The Morgan fingerprint density at radius 3 is 2.10 bits per heavy atom. The Bertz CT molecular complexity index is 1710. The zero-order valence-electron chi connectivity index (χ0n) is 26.4. The number of carbonyl (C=O) groups is 2. The van der Waals surface area contributed by atoms with Gasteiger partial charge in [-0.15, -0.1) is 0 Å². The van der Waals surface area contributed by atoms with E-state index in [1.807, 2.05) is 38.1 Å². The third-order valence-electron chi connectivity index (χ3n) is 6.59. The highest BCUT2D eigenvalue weighted by molar-refractivity contribution is 7.90. The fourth-order valence-electron chi connectivity index (χ4n) is 4.08. The number of carbonyl (C=O) groups excluding carboxylic acids is 1. The molecule has 0 fully saturated rings. The molecule has 4 N–H and O–H groups in total. The average Bonchev–Trinajstić information content (AvgIpc) is 3.08. The van der Waals surface area contributed by atoms with Crippen molar-refractivity contribution in [1.29, 1.82) is 0 Å². The number of hydrogen-bond donors (Lipinski definition) is 4. The molecule has 1 unspecified atom stereocenters. The standard InChI is InChI=1S/C33H34N2O12S2/c1-22-4-9-26(10-5-22)43-47-48-44-28-14-15-30(31(19-28)33(37)38)32(36)34-16-3-17-35-41-20-24-8-13-29(18-25(24)21-42-39)46-49(40)45-27-11-6-23(2)7-12-27/h4-15,18-19,35,39H,3,16-17,20-21H2,1-2H3,(H,34,36)(H,37,38).